The van der Waals surface area contributed by atoms with Crippen molar-refractivity contribution in [3.05, 3.63) is 82.5 Å². The first-order valence-electron chi connectivity index (χ1n) is 7.27. The molecule has 1 N–H and O–H groups in total. The molecule has 0 fully saturated rings. The summed E-state index contributed by atoms with van der Waals surface area (Å²) in [6, 6.07) is 16.8. The molecule has 0 unspecified atom stereocenters. The van der Waals surface area contributed by atoms with Gasteiger partial charge < -0.3 is 5.32 Å². The first-order chi connectivity index (χ1) is 11.1. The van der Waals surface area contributed by atoms with Crippen molar-refractivity contribution in [3.8, 4) is 0 Å². The number of aromatic nitrogens is 2. The smallest absolute Gasteiger partial charge is 0.257 e. The van der Waals surface area contributed by atoms with E-state index < -0.39 is 0 Å². The molecule has 1 aromatic heterocycles. The topological polar surface area (TPSA) is 46.9 Å². The number of carbonyl (C=O) groups excluding carboxylic acids is 1. The minimum absolute atomic E-state index is 0.149. The minimum Gasteiger partial charge on any atom is -0.307 e. The molecule has 0 saturated heterocycles. The van der Waals surface area contributed by atoms with Gasteiger partial charge in [0.1, 0.15) is 5.82 Å². The van der Waals surface area contributed by atoms with E-state index in [4.69, 9.17) is 11.6 Å². The van der Waals surface area contributed by atoms with E-state index in [1.807, 2.05) is 49.4 Å². The number of rotatable bonds is 4. The summed E-state index contributed by atoms with van der Waals surface area (Å²) in [5, 5.41) is 7.85. The fourth-order valence-electron chi connectivity index (χ4n) is 2.36. The standard InChI is InChI=1S/C18H16ClN3O/c1-13-6-2-4-8-15(13)18(23)21-17-10-11-20-22(17)12-14-7-3-5-9-16(14)19/h2-11H,12H2,1H3,(H,21,23). The average molecular weight is 326 g/mol. The quantitative estimate of drug-likeness (QED) is 0.783. The Morgan fingerprint density at radius 2 is 1.87 bits per heavy atom. The molecule has 3 rings (SSSR count). The Morgan fingerprint density at radius 3 is 2.65 bits per heavy atom. The number of halogens is 1. The number of carbonyl (C=O) groups is 1. The fraction of sp³-hybridized carbons (Fsp3) is 0.111. The number of nitrogens with zero attached hydrogens (tertiary/aromatic N) is 2. The van der Waals surface area contributed by atoms with E-state index >= 15 is 0 Å². The summed E-state index contributed by atoms with van der Waals surface area (Å²) in [6.07, 6.45) is 1.66. The Hall–Kier alpha value is -2.59. The number of anilines is 1. The first-order valence-corrected chi connectivity index (χ1v) is 7.65. The first kappa shape index (κ1) is 15.3. The lowest BCUT2D eigenvalue weighted by molar-refractivity contribution is 0.102. The van der Waals surface area contributed by atoms with Crippen molar-refractivity contribution in [3.63, 3.8) is 0 Å². The predicted molar refractivity (Wildman–Crippen MR) is 91.9 cm³/mol. The monoisotopic (exact) mass is 325 g/mol. The van der Waals surface area contributed by atoms with Crippen molar-refractivity contribution in [2.75, 3.05) is 5.32 Å². The van der Waals surface area contributed by atoms with Crippen LogP contribution in [0.3, 0.4) is 0 Å². The molecule has 0 bridgehead atoms. The summed E-state index contributed by atoms with van der Waals surface area (Å²) < 4.78 is 1.72. The molecular formula is C18H16ClN3O. The molecule has 4 nitrogen and oxygen atoms in total. The highest BCUT2D eigenvalue weighted by Crippen LogP contribution is 2.18. The van der Waals surface area contributed by atoms with Crippen LogP contribution in [-0.2, 0) is 6.54 Å². The molecular weight excluding hydrogens is 310 g/mol. The van der Waals surface area contributed by atoms with Crippen molar-refractivity contribution in [2.24, 2.45) is 0 Å². The molecule has 0 radical (unpaired) electrons. The third-order valence-electron chi connectivity index (χ3n) is 3.63. The molecule has 3 aromatic rings. The molecule has 116 valence electrons. The summed E-state index contributed by atoms with van der Waals surface area (Å²) in [5.41, 5.74) is 2.53. The Kier molecular flexibility index (Phi) is 4.44. The summed E-state index contributed by atoms with van der Waals surface area (Å²) in [7, 11) is 0. The summed E-state index contributed by atoms with van der Waals surface area (Å²) in [4.78, 5) is 12.4. The highest BCUT2D eigenvalue weighted by Gasteiger charge is 2.12. The molecule has 0 aliphatic rings. The van der Waals surface area contributed by atoms with Crippen molar-refractivity contribution >= 4 is 23.3 Å². The van der Waals surface area contributed by atoms with Gasteiger partial charge >= 0.3 is 0 Å². The van der Waals surface area contributed by atoms with Crippen molar-refractivity contribution in [1.29, 1.82) is 0 Å². The second-order valence-corrected chi connectivity index (χ2v) is 5.64. The normalized spacial score (nSPS) is 10.5. The average Bonchev–Trinajstić information content (AvgIpc) is 2.97. The Labute approximate surface area is 139 Å². The molecule has 1 amide bonds. The van der Waals surface area contributed by atoms with E-state index in [1.54, 1.807) is 23.0 Å². The van der Waals surface area contributed by atoms with Crippen LogP contribution in [0.4, 0.5) is 5.82 Å². The van der Waals surface area contributed by atoms with Gasteiger partial charge in [-0.2, -0.15) is 5.10 Å². The van der Waals surface area contributed by atoms with Gasteiger partial charge in [0.05, 0.1) is 12.7 Å². The van der Waals surface area contributed by atoms with Crippen LogP contribution in [0.2, 0.25) is 5.02 Å². The van der Waals surface area contributed by atoms with Gasteiger partial charge in [-0.3, -0.25) is 4.79 Å². The van der Waals surface area contributed by atoms with Gasteiger partial charge in [0.2, 0.25) is 0 Å². The van der Waals surface area contributed by atoms with Crippen molar-refractivity contribution < 1.29 is 4.79 Å². The largest absolute Gasteiger partial charge is 0.307 e. The number of benzene rings is 2. The van der Waals surface area contributed by atoms with Crippen LogP contribution in [-0.4, -0.2) is 15.7 Å². The molecule has 0 atom stereocenters. The van der Waals surface area contributed by atoms with Gasteiger partial charge in [0.15, 0.2) is 0 Å². The molecule has 0 aliphatic carbocycles. The zero-order valence-corrected chi connectivity index (χ0v) is 13.4. The van der Waals surface area contributed by atoms with Crippen LogP contribution in [0.5, 0.6) is 0 Å². The van der Waals surface area contributed by atoms with Crippen LogP contribution in [0.1, 0.15) is 21.5 Å². The number of nitrogens with one attached hydrogen (secondary N) is 1. The number of aryl methyl sites for hydroxylation is 1. The molecule has 0 aliphatic heterocycles. The molecule has 1 heterocycles. The summed E-state index contributed by atoms with van der Waals surface area (Å²) in [5.74, 6) is 0.488. The van der Waals surface area contributed by atoms with Crippen LogP contribution in [0.15, 0.2) is 60.8 Å². The van der Waals surface area contributed by atoms with E-state index in [0.29, 0.717) is 22.9 Å². The summed E-state index contributed by atoms with van der Waals surface area (Å²) in [6.45, 7) is 2.41. The van der Waals surface area contributed by atoms with E-state index in [0.717, 1.165) is 11.1 Å². The second kappa shape index (κ2) is 6.67. The van der Waals surface area contributed by atoms with Crippen LogP contribution in [0.25, 0.3) is 0 Å². The Morgan fingerprint density at radius 1 is 1.13 bits per heavy atom. The lowest BCUT2D eigenvalue weighted by atomic mass is 10.1. The lowest BCUT2D eigenvalue weighted by Crippen LogP contribution is -2.17. The van der Waals surface area contributed by atoms with E-state index in [-0.39, 0.29) is 5.91 Å². The maximum absolute atomic E-state index is 12.4. The number of amides is 1. The van der Waals surface area contributed by atoms with E-state index in [1.165, 1.54) is 0 Å². The van der Waals surface area contributed by atoms with Gasteiger partial charge in [-0.05, 0) is 30.2 Å². The Balaban J connectivity index is 1.80. The maximum Gasteiger partial charge on any atom is 0.257 e. The third kappa shape index (κ3) is 3.43. The Bertz CT molecular complexity index is 842. The van der Waals surface area contributed by atoms with Gasteiger partial charge in [-0.1, -0.05) is 48.0 Å². The molecule has 2 aromatic carbocycles. The zero-order chi connectivity index (χ0) is 16.2. The molecule has 0 spiro atoms. The van der Waals surface area contributed by atoms with Crippen LogP contribution in [0, 0.1) is 6.92 Å². The number of hydrogen-bond acceptors (Lipinski definition) is 2. The number of hydrogen-bond donors (Lipinski definition) is 1. The fourth-order valence-corrected chi connectivity index (χ4v) is 2.56. The second-order valence-electron chi connectivity index (χ2n) is 5.23. The van der Waals surface area contributed by atoms with Gasteiger partial charge in [-0.25, -0.2) is 4.68 Å². The van der Waals surface area contributed by atoms with Gasteiger partial charge in [0.25, 0.3) is 5.91 Å². The maximum atomic E-state index is 12.4. The van der Waals surface area contributed by atoms with Gasteiger partial charge in [-0.15, -0.1) is 0 Å². The van der Waals surface area contributed by atoms with Crippen LogP contribution < -0.4 is 5.32 Å². The van der Waals surface area contributed by atoms with Crippen LogP contribution >= 0.6 is 11.6 Å². The van der Waals surface area contributed by atoms with Crippen molar-refractivity contribution in [2.45, 2.75) is 13.5 Å². The van der Waals surface area contributed by atoms with E-state index in [9.17, 15) is 4.79 Å². The zero-order valence-electron chi connectivity index (χ0n) is 12.7. The summed E-state index contributed by atoms with van der Waals surface area (Å²) >= 11 is 6.19. The molecule has 0 saturated carbocycles. The predicted octanol–water partition coefficient (Wildman–Crippen LogP) is 4.15. The SMILES string of the molecule is Cc1ccccc1C(=O)Nc1ccnn1Cc1ccccc1Cl. The minimum atomic E-state index is -0.149. The van der Waals surface area contributed by atoms with E-state index in [2.05, 4.69) is 10.4 Å². The lowest BCUT2D eigenvalue weighted by Gasteiger charge is -2.11. The third-order valence-corrected chi connectivity index (χ3v) is 3.99. The highest BCUT2D eigenvalue weighted by molar-refractivity contribution is 6.31. The highest BCUT2D eigenvalue weighted by atomic mass is 35.5. The van der Waals surface area contributed by atoms with Crippen molar-refractivity contribution in [1.82, 2.24) is 9.78 Å². The molecule has 23 heavy (non-hydrogen) atoms. The van der Waals surface area contributed by atoms with Gasteiger partial charge in [0, 0.05) is 16.7 Å². The molecule has 5 heteroatoms.